The first-order valence-corrected chi connectivity index (χ1v) is 4.10. The summed E-state index contributed by atoms with van der Waals surface area (Å²) in [4.78, 5) is 7.75. The zero-order valence-electron chi connectivity index (χ0n) is 7.31. The monoisotopic (exact) mass is 189 g/mol. The molecule has 2 aromatic rings. The van der Waals surface area contributed by atoms with Gasteiger partial charge in [-0.15, -0.1) is 0 Å². The lowest BCUT2D eigenvalue weighted by Crippen LogP contribution is -1.95. The van der Waals surface area contributed by atoms with Gasteiger partial charge >= 0.3 is 0 Å². The number of nitrogen functional groups attached to an aromatic ring is 1. The topological polar surface area (TPSA) is 51.8 Å². The Labute approximate surface area is 80.4 Å². The summed E-state index contributed by atoms with van der Waals surface area (Å²) in [6, 6.07) is 7.87. The predicted molar refractivity (Wildman–Crippen MR) is 51.8 cm³/mol. The molecule has 4 heteroatoms. The Balaban J connectivity index is 2.49. The summed E-state index contributed by atoms with van der Waals surface area (Å²) in [6.45, 7) is 0. The molecule has 70 valence electrons. The lowest BCUT2D eigenvalue weighted by Gasteiger charge is -2.00. The maximum atomic E-state index is 12.9. The van der Waals surface area contributed by atoms with E-state index in [1.807, 2.05) is 0 Å². The molecule has 0 atom stereocenters. The van der Waals surface area contributed by atoms with E-state index in [9.17, 15) is 4.39 Å². The van der Waals surface area contributed by atoms with Crippen LogP contribution in [0.4, 0.5) is 10.3 Å². The predicted octanol–water partition coefficient (Wildman–Crippen LogP) is 1.86. The molecule has 0 radical (unpaired) electrons. The number of hydrogen-bond donors (Lipinski definition) is 1. The second-order valence-electron chi connectivity index (χ2n) is 2.81. The van der Waals surface area contributed by atoms with Crippen LogP contribution >= 0.6 is 0 Å². The number of rotatable bonds is 1. The van der Waals surface area contributed by atoms with Crippen molar-refractivity contribution < 1.29 is 4.39 Å². The molecule has 0 aliphatic rings. The molecule has 0 fully saturated rings. The van der Waals surface area contributed by atoms with Crippen molar-refractivity contribution in [3.8, 4) is 11.3 Å². The van der Waals surface area contributed by atoms with Gasteiger partial charge in [0.05, 0.1) is 5.69 Å². The lowest BCUT2D eigenvalue weighted by atomic mass is 10.1. The maximum absolute atomic E-state index is 12.9. The fraction of sp³-hybridized carbons (Fsp3) is 0. The third-order valence-electron chi connectivity index (χ3n) is 1.79. The van der Waals surface area contributed by atoms with Crippen LogP contribution in [0.25, 0.3) is 11.3 Å². The molecule has 1 aromatic carbocycles. The third kappa shape index (κ3) is 1.69. The molecule has 1 heterocycles. The SMILES string of the molecule is Nc1nccc(-c2cccc(F)c2)n1. The average molecular weight is 189 g/mol. The van der Waals surface area contributed by atoms with Crippen molar-refractivity contribution in [2.24, 2.45) is 0 Å². The summed E-state index contributed by atoms with van der Waals surface area (Å²) in [5.74, 6) is -0.105. The molecule has 0 unspecified atom stereocenters. The van der Waals surface area contributed by atoms with Crippen LogP contribution in [0.1, 0.15) is 0 Å². The van der Waals surface area contributed by atoms with Crippen molar-refractivity contribution in [3.63, 3.8) is 0 Å². The highest BCUT2D eigenvalue weighted by molar-refractivity contribution is 5.59. The molecule has 0 amide bonds. The maximum Gasteiger partial charge on any atom is 0.220 e. The molecule has 2 N–H and O–H groups in total. The minimum Gasteiger partial charge on any atom is -0.368 e. The van der Waals surface area contributed by atoms with Gasteiger partial charge < -0.3 is 5.73 Å². The van der Waals surface area contributed by atoms with E-state index >= 15 is 0 Å². The minimum absolute atomic E-state index is 0.187. The van der Waals surface area contributed by atoms with Gasteiger partial charge in [-0.05, 0) is 18.2 Å². The Morgan fingerprint density at radius 1 is 1.21 bits per heavy atom. The van der Waals surface area contributed by atoms with Crippen LogP contribution in [0, 0.1) is 5.82 Å². The fourth-order valence-electron chi connectivity index (χ4n) is 1.18. The van der Waals surface area contributed by atoms with Crippen LogP contribution in [-0.2, 0) is 0 Å². The summed E-state index contributed by atoms with van der Waals surface area (Å²) in [7, 11) is 0. The first-order valence-electron chi connectivity index (χ1n) is 4.10. The summed E-state index contributed by atoms with van der Waals surface area (Å²) in [6.07, 6.45) is 1.54. The number of nitrogens with zero attached hydrogens (tertiary/aromatic N) is 2. The van der Waals surface area contributed by atoms with Gasteiger partial charge in [-0.2, -0.15) is 0 Å². The first kappa shape index (κ1) is 8.62. The van der Waals surface area contributed by atoms with Crippen LogP contribution in [0.15, 0.2) is 36.5 Å². The highest BCUT2D eigenvalue weighted by Crippen LogP contribution is 2.17. The molecule has 1 aromatic heterocycles. The Morgan fingerprint density at radius 2 is 2.07 bits per heavy atom. The van der Waals surface area contributed by atoms with Crippen LogP contribution in [0.2, 0.25) is 0 Å². The molecule has 0 bridgehead atoms. The number of nitrogens with two attached hydrogens (primary N) is 1. The van der Waals surface area contributed by atoms with Gasteiger partial charge in [-0.25, -0.2) is 14.4 Å². The van der Waals surface area contributed by atoms with E-state index in [-0.39, 0.29) is 11.8 Å². The van der Waals surface area contributed by atoms with E-state index in [0.29, 0.717) is 11.3 Å². The highest BCUT2D eigenvalue weighted by atomic mass is 19.1. The molecule has 2 rings (SSSR count). The van der Waals surface area contributed by atoms with Gasteiger partial charge in [0.15, 0.2) is 0 Å². The van der Waals surface area contributed by atoms with Crippen LogP contribution in [0.5, 0.6) is 0 Å². The van der Waals surface area contributed by atoms with Crippen molar-refractivity contribution in [1.29, 1.82) is 0 Å². The summed E-state index contributed by atoms with van der Waals surface area (Å²) in [5.41, 5.74) is 6.73. The normalized spacial score (nSPS) is 10.1. The average Bonchev–Trinajstić information content (AvgIpc) is 2.18. The number of benzene rings is 1. The minimum atomic E-state index is -0.292. The van der Waals surface area contributed by atoms with Crippen LogP contribution in [-0.4, -0.2) is 9.97 Å². The molecule has 14 heavy (non-hydrogen) atoms. The Morgan fingerprint density at radius 3 is 2.79 bits per heavy atom. The Bertz CT molecular complexity index is 413. The second kappa shape index (κ2) is 3.41. The van der Waals surface area contributed by atoms with Crippen molar-refractivity contribution in [1.82, 2.24) is 9.97 Å². The van der Waals surface area contributed by atoms with E-state index in [4.69, 9.17) is 5.73 Å². The third-order valence-corrected chi connectivity index (χ3v) is 1.79. The molecule has 0 aliphatic carbocycles. The number of hydrogen-bond acceptors (Lipinski definition) is 3. The molecule has 0 saturated carbocycles. The van der Waals surface area contributed by atoms with Gasteiger partial charge in [0, 0.05) is 11.8 Å². The summed E-state index contributed by atoms with van der Waals surface area (Å²) in [5, 5.41) is 0. The standard InChI is InChI=1S/C10H8FN3/c11-8-3-1-2-7(6-8)9-4-5-13-10(12)14-9/h1-6H,(H2,12,13,14). The zero-order chi connectivity index (χ0) is 9.97. The van der Waals surface area contributed by atoms with E-state index in [0.717, 1.165) is 0 Å². The number of anilines is 1. The van der Waals surface area contributed by atoms with Gasteiger partial charge in [0.2, 0.25) is 5.95 Å². The number of halogens is 1. The highest BCUT2D eigenvalue weighted by Gasteiger charge is 2.00. The quantitative estimate of drug-likeness (QED) is 0.744. The van der Waals surface area contributed by atoms with E-state index in [2.05, 4.69) is 9.97 Å². The van der Waals surface area contributed by atoms with Gasteiger partial charge in [0.25, 0.3) is 0 Å². The smallest absolute Gasteiger partial charge is 0.220 e. The van der Waals surface area contributed by atoms with Gasteiger partial charge in [-0.1, -0.05) is 12.1 Å². The largest absolute Gasteiger partial charge is 0.368 e. The van der Waals surface area contributed by atoms with Crippen molar-refractivity contribution >= 4 is 5.95 Å². The molecule has 0 saturated heterocycles. The summed E-state index contributed by atoms with van der Waals surface area (Å²) >= 11 is 0. The molecule has 0 aliphatic heterocycles. The molecule has 0 spiro atoms. The van der Waals surface area contributed by atoms with E-state index in [1.165, 1.54) is 12.1 Å². The van der Waals surface area contributed by atoms with E-state index < -0.39 is 0 Å². The van der Waals surface area contributed by atoms with Crippen molar-refractivity contribution in [2.45, 2.75) is 0 Å². The fourth-order valence-corrected chi connectivity index (χ4v) is 1.18. The zero-order valence-corrected chi connectivity index (χ0v) is 7.31. The van der Waals surface area contributed by atoms with Crippen LogP contribution < -0.4 is 5.73 Å². The molecular formula is C10H8FN3. The second-order valence-corrected chi connectivity index (χ2v) is 2.81. The Hall–Kier alpha value is -1.97. The van der Waals surface area contributed by atoms with Gasteiger partial charge in [-0.3, -0.25) is 0 Å². The number of aromatic nitrogens is 2. The molecular weight excluding hydrogens is 181 g/mol. The van der Waals surface area contributed by atoms with Crippen LogP contribution in [0.3, 0.4) is 0 Å². The first-order chi connectivity index (χ1) is 6.75. The van der Waals surface area contributed by atoms with Crippen molar-refractivity contribution in [3.05, 3.63) is 42.3 Å². The molecule has 3 nitrogen and oxygen atoms in total. The lowest BCUT2D eigenvalue weighted by molar-refractivity contribution is 0.628. The van der Waals surface area contributed by atoms with Gasteiger partial charge in [0.1, 0.15) is 5.82 Å². The Kier molecular flexibility index (Phi) is 2.10. The summed E-state index contributed by atoms with van der Waals surface area (Å²) < 4.78 is 12.9. The van der Waals surface area contributed by atoms with E-state index in [1.54, 1.807) is 24.4 Å². The van der Waals surface area contributed by atoms with Crippen molar-refractivity contribution in [2.75, 3.05) is 5.73 Å².